The molecule has 2 atom stereocenters. The van der Waals surface area contributed by atoms with Gasteiger partial charge in [-0.1, -0.05) is 31.2 Å². The van der Waals surface area contributed by atoms with E-state index in [9.17, 15) is 0 Å². The number of para-hydroxylation sites is 1. The first-order valence-corrected chi connectivity index (χ1v) is 8.11. The van der Waals surface area contributed by atoms with Crippen LogP contribution in [0.1, 0.15) is 36.8 Å². The number of hydrogen-bond donors (Lipinski definition) is 1. The van der Waals surface area contributed by atoms with Crippen molar-refractivity contribution in [3.8, 4) is 0 Å². The molecule has 2 aromatic rings. The Morgan fingerprint density at radius 1 is 1.20 bits per heavy atom. The van der Waals surface area contributed by atoms with Crippen molar-refractivity contribution >= 4 is 17.0 Å². The number of nitrogens with two attached hydrogens (primary N) is 1. The van der Waals surface area contributed by atoms with E-state index < -0.39 is 0 Å². The fourth-order valence-electron chi connectivity index (χ4n) is 2.44. The van der Waals surface area contributed by atoms with E-state index in [0.717, 1.165) is 12.8 Å². The van der Waals surface area contributed by atoms with Crippen LogP contribution in [0.15, 0.2) is 41.8 Å². The molecule has 0 amide bonds. The van der Waals surface area contributed by atoms with Gasteiger partial charge in [-0.2, -0.15) is 0 Å². The zero-order valence-corrected chi connectivity index (χ0v) is 13.4. The van der Waals surface area contributed by atoms with Crippen molar-refractivity contribution in [1.82, 2.24) is 0 Å². The third-order valence-corrected chi connectivity index (χ3v) is 4.79. The molecule has 0 radical (unpaired) electrons. The fourth-order valence-corrected chi connectivity index (χ4v) is 3.26. The Bertz CT molecular complexity index is 522. The van der Waals surface area contributed by atoms with Gasteiger partial charge in [-0.15, -0.1) is 11.3 Å². The molecule has 2 nitrogen and oxygen atoms in total. The molecule has 1 heterocycles. The molecule has 1 aromatic carbocycles. The second-order valence-corrected chi connectivity index (χ2v) is 6.35. The van der Waals surface area contributed by atoms with Crippen LogP contribution in [-0.2, 0) is 6.42 Å². The molecular formula is C17H24N2S. The third kappa shape index (κ3) is 3.41. The average Bonchev–Trinajstić information content (AvgIpc) is 2.98. The van der Waals surface area contributed by atoms with E-state index in [1.807, 2.05) is 11.3 Å². The number of likely N-dealkylation sites (N-methyl/N-ethyl adjacent to an activating group) is 1. The second kappa shape index (κ2) is 6.91. The van der Waals surface area contributed by atoms with Crippen LogP contribution in [0.2, 0.25) is 0 Å². The number of nitrogens with zero attached hydrogens (tertiary/aromatic N) is 1. The number of benzene rings is 1. The molecule has 2 unspecified atom stereocenters. The average molecular weight is 288 g/mol. The van der Waals surface area contributed by atoms with E-state index in [4.69, 9.17) is 5.73 Å². The molecule has 2 rings (SSSR count). The van der Waals surface area contributed by atoms with E-state index in [-0.39, 0.29) is 6.04 Å². The van der Waals surface area contributed by atoms with Crippen LogP contribution >= 0.6 is 11.3 Å². The van der Waals surface area contributed by atoms with Crippen molar-refractivity contribution in [2.45, 2.75) is 38.8 Å². The fraction of sp³-hybridized carbons (Fsp3) is 0.412. The van der Waals surface area contributed by atoms with Gasteiger partial charge in [-0.25, -0.2) is 0 Å². The van der Waals surface area contributed by atoms with Gasteiger partial charge in [0.05, 0.1) is 0 Å². The summed E-state index contributed by atoms with van der Waals surface area (Å²) in [6.07, 6.45) is 2.04. The Morgan fingerprint density at radius 2 is 1.95 bits per heavy atom. The standard InChI is InChI=1S/C17H24N2S/c1-4-16(18)15-9-5-6-10-17(15)19(3)13(2)12-14-8-7-11-20-14/h5-11,13,16H,4,12,18H2,1-3H3. The highest BCUT2D eigenvalue weighted by molar-refractivity contribution is 7.09. The van der Waals surface area contributed by atoms with Gasteiger partial charge in [0.25, 0.3) is 0 Å². The molecule has 0 aliphatic carbocycles. The van der Waals surface area contributed by atoms with Gasteiger partial charge in [0.15, 0.2) is 0 Å². The molecule has 108 valence electrons. The summed E-state index contributed by atoms with van der Waals surface area (Å²) in [6, 6.07) is 13.4. The molecule has 2 N–H and O–H groups in total. The third-order valence-electron chi connectivity index (χ3n) is 3.89. The quantitative estimate of drug-likeness (QED) is 0.862. The molecule has 0 saturated carbocycles. The normalized spacial score (nSPS) is 14.0. The van der Waals surface area contributed by atoms with Crippen LogP contribution in [0.4, 0.5) is 5.69 Å². The SMILES string of the molecule is CCC(N)c1ccccc1N(C)C(C)Cc1cccs1. The molecule has 0 aliphatic rings. The highest BCUT2D eigenvalue weighted by Crippen LogP contribution is 2.28. The Balaban J connectivity index is 2.17. The largest absolute Gasteiger partial charge is 0.371 e. The number of hydrogen-bond acceptors (Lipinski definition) is 3. The van der Waals surface area contributed by atoms with E-state index >= 15 is 0 Å². The van der Waals surface area contributed by atoms with Gasteiger partial charge in [0, 0.05) is 36.1 Å². The summed E-state index contributed by atoms with van der Waals surface area (Å²) in [5, 5.41) is 2.14. The van der Waals surface area contributed by atoms with E-state index in [2.05, 4.69) is 67.6 Å². The lowest BCUT2D eigenvalue weighted by atomic mass is 10.0. The van der Waals surface area contributed by atoms with Crippen LogP contribution in [0, 0.1) is 0 Å². The summed E-state index contributed by atoms with van der Waals surface area (Å²) < 4.78 is 0. The zero-order valence-electron chi connectivity index (χ0n) is 12.5. The molecule has 0 bridgehead atoms. The first-order chi connectivity index (χ1) is 9.63. The van der Waals surface area contributed by atoms with Crippen molar-refractivity contribution in [3.63, 3.8) is 0 Å². The highest BCUT2D eigenvalue weighted by atomic mass is 32.1. The predicted octanol–water partition coefficient (Wildman–Crippen LogP) is 4.23. The maximum absolute atomic E-state index is 6.24. The molecule has 0 aliphatic heterocycles. The number of rotatable bonds is 6. The summed E-state index contributed by atoms with van der Waals surface area (Å²) in [6.45, 7) is 4.41. The molecule has 1 aromatic heterocycles. The Kier molecular flexibility index (Phi) is 5.21. The lowest BCUT2D eigenvalue weighted by Gasteiger charge is -2.30. The minimum absolute atomic E-state index is 0.114. The number of anilines is 1. The van der Waals surface area contributed by atoms with Crippen molar-refractivity contribution < 1.29 is 0 Å². The molecule has 0 spiro atoms. The minimum atomic E-state index is 0.114. The maximum Gasteiger partial charge on any atom is 0.0414 e. The van der Waals surface area contributed by atoms with Crippen molar-refractivity contribution in [3.05, 3.63) is 52.2 Å². The van der Waals surface area contributed by atoms with Gasteiger partial charge in [-0.3, -0.25) is 0 Å². The van der Waals surface area contributed by atoms with Gasteiger partial charge < -0.3 is 10.6 Å². The maximum atomic E-state index is 6.24. The van der Waals surface area contributed by atoms with Crippen molar-refractivity contribution in [2.24, 2.45) is 5.73 Å². The molecular weight excluding hydrogens is 264 g/mol. The highest BCUT2D eigenvalue weighted by Gasteiger charge is 2.16. The van der Waals surface area contributed by atoms with Gasteiger partial charge in [0.1, 0.15) is 0 Å². The van der Waals surface area contributed by atoms with Crippen molar-refractivity contribution in [1.29, 1.82) is 0 Å². The smallest absolute Gasteiger partial charge is 0.0414 e. The lowest BCUT2D eigenvalue weighted by molar-refractivity contribution is 0.661. The van der Waals surface area contributed by atoms with E-state index in [0.29, 0.717) is 6.04 Å². The van der Waals surface area contributed by atoms with Gasteiger partial charge in [0.2, 0.25) is 0 Å². The second-order valence-electron chi connectivity index (χ2n) is 5.32. The summed E-state index contributed by atoms with van der Waals surface area (Å²) in [4.78, 5) is 3.78. The Labute approximate surface area is 126 Å². The van der Waals surface area contributed by atoms with E-state index in [1.165, 1.54) is 16.1 Å². The molecule has 0 saturated heterocycles. The number of thiophene rings is 1. The first-order valence-electron chi connectivity index (χ1n) is 7.23. The summed E-state index contributed by atoms with van der Waals surface area (Å²) >= 11 is 1.83. The van der Waals surface area contributed by atoms with Crippen LogP contribution < -0.4 is 10.6 Å². The minimum Gasteiger partial charge on any atom is -0.371 e. The molecule has 0 fully saturated rings. The Morgan fingerprint density at radius 3 is 2.60 bits per heavy atom. The van der Waals surface area contributed by atoms with Crippen LogP contribution in [-0.4, -0.2) is 13.1 Å². The zero-order chi connectivity index (χ0) is 14.5. The topological polar surface area (TPSA) is 29.3 Å². The Hall–Kier alpha value is -1.32. The monoisotopic (exact) mass is 288 g/mol. The predicted molar refractivity (Wildman–Crippen MR) is 89.5 cm³/mol. The first kappa shape index (κ1) is 15.1. The van der Waals surface area contributed by atoms with Crippen LogP contribution in [0.5, 0.6) is 0 Å². The van der Waals surface area contributed by atoms with Crippen LogP contribution in [0.25, 0.3) is 0 Å². The van der Waals surface area contributed by atoms with Crippen LogP contribution in [0.3, 0.4) is 0 Å². The van der Waals surface area contributed by atoms with E-state index in [1.54, 1.807) is 0 Å². The molecule has 3 heteroatoms. The summed E-state index contributed by atoms with van der Waals surface area (Å²) in [7, 11) is 2.17. The lowest BCUT2D eigenvalue weighted by Crippen LogP contribution is -2.32. The summed E-state index contributed by atoms with van der Waals surface area (Å²) in [5.41, 5.74) is 8.75. The van der Waals surface area contributed by atoms with Crippen molar-refractivity contribution in [2.75, 3.05) is 11.9 Å². The van der Waals surface area contributed by atoms with Gasteiger partial charge in [-0.05, 0) is 36.4 Å². The summed E-state index contributed by atoms with van der Waals surface area (Å²) in [5.74, 6) is 0. The molecule has 20 heavy (non-hydrogen) atoms. The van der Waals surface area contributed by atoms with Gasteiger partial charge >= 0.3 is 0 Å².